The van der Waals surface area contributed by atoms with E-state index in [-0.39, 0.29) is 5.41 Å². The van der Waals surface area contributed by atoms with Crippen LogP contribution in [0.2, 0.25) is 0 Å². The molecule has 0 unspecified atom stereocenters. The van der Waals surface area contributed by atoms with E-state index in [1.165, 1.54) is 68.1 Å². The Balaban J connectivity index is 0.00000126. The van der Waals surface area contributed by atoms with Gasteiger partial charge in [0.05, 0.1) is 5.69 Å². The normalized spacial score (nSPS) is 12.9. The molecule has 1 saturated heterocycles. The molecule has 5 nitrogen and oxygen atoms in total. The van der Waals surface area contributed by atoms with Crippen LogP contribution in [0.15, 0.2) is 267 Å². The summed E-state index contributed by atoms with van der Waals surface area (Å²) in [5.74, 6) is 0. The van der Waals surface area contributed by atoms with E-state index in [0.717, 1.165) is 110 Å². The van der Waals surface area contributed by atoms with Crippen molar-refractivity contribution in [2.75, 3.05) is 23.0 Å². The number of nitrogens with zero attached hydrogens (tertiary/aromatic N) is 2. The third-order valence-corrected chi connectivity index (χ3v) is 16.5. The number of hydrogen-bond acceptors (Lipinski definition) is 5. The Morgan fingerprint density at radius 1 is 0.378 bits per heavy atom. The summed E-state index contributed by atoms with van der Waals surface area (Å²) in [5.41, 5.74) is 19.7. The first-order valence-electron chi connectivity index (χ1n) is 28.9. The number of carbonyl (C=O) groups is 2. The summed E-state index contributed by atoms with van der Waals surface area (Å²) in [6, 6.07) is 95.2. The molecule has 2 aliphatic rings. The van der Waals surface area contributed by atoms with Crippen molar-refractivity contribution in [2.24, 2.45) is 0 Å². The lowest BCUT2D eigenvalue weighted by Crippen LogP contribution is -2.26. The van der Waals surface area contributed by atoms with Crippen molar-refractivity contribution in [1.29, 1.82) is 0 Å². The Bertz CT molecular complexity index is 3870. The lowest BCUT2D eigenvalue weighted by molar-refractivity contribution is 0.111. The molecule has 82 heavy (non-hydrogen) atoms. The molecule has 13 rings (SSSR count). The minimum atomic E-state index is -0.306. The number of ether oxygens (including phenoxy) is 1. The van der Waals surface area contributed by atoms with Crippen LogP contribution in [0.1, 0.15) is 81.5 Å². The van der Waals surface area contributed by atoms with Gasteiger partial charge >= 0.3 is 0 Å². The molecule has 0 radical (unpaired) electrons. The van der Waals surface area contributed by atoms with E-state index < -0.39 is 0 Å². The lowest BCUT2D eigenvalue weighted by atomic mass is 9.70. The fraction of sp³-hybridized carbons (Fsp3) is 0.143. The molecular formula is C77H66N2O3. The van der Waals surface area contributed by atoms with Crippen LogP contribution < -0.4 is 9.80 Å². The molecule has 402 valence electrons. The van der Waals surface area contributed by atoms with E-state index in [1.807, 2.05) is 42.5 Å². The molecule has 1 fully saturated rings. The van der Waals surface area contributed by atoms with Gasteiger partial charge in [0.1, 0.15) is 12.6 Å². The molecule has 1 heterocycles. The van der Waals surface area contributed by atoms with Crippen molar-refractivity contribution in [2.45, 2.75) is 56.8 Å². The fourth-order valence-corrected chi connectivity index (χ4v) is 12.4. The summed E-state index contributed by atoms with van der Waals surface area (Å²) in [6.07, 6.45) is 10.3. The SMILES string of the molecule is C1CCOC1.O=Cc1ccc(N(c2cccc(C=O)c2)c2ccc3c(c2)C(CCCc2ccccc2)(CCCc2ccccc2)c2cc(-c4ccc(-c5ccc(N(c6ccccc6)c6cccc7ccccc67)cc5)cc4)ccc2-3)cc1. The minimum Gasteiger partial charge on any atom is -0.381 e. The van der Waals surface area contributed by atoms with Gasteiger partial charge in [0.15, 0.2) is 0 Å². The topological polar surface area (TPSA) is 49.9 Å². The van der Waals surface area contributed by atoms with Crippen molar-refractivity contribution in [3.05, 3.63) is 300 Å². The summed E-state index contributed by atoms with van der Waals surface area (Å²) < 4.78 is 4.94. The van der Waals surface area contributed by atoms with Gasteiger partial charge in [-0.2, -0.15) is 0 Å². The molecule has 1 aliphatic carbocycles. The van der Waals surface area contributed by atoms with Gasteiger partial charge in [0.2, 0.25) is 0 Å². The van der Waals surface area contributed by atoms with E-state index in [2.05, 4.69) is 234 Å². The van der Waals surface area contributed by atoms with Gasteiger partial charge in [-0.15, -0.1) is 0 Å². The molecule has 0 bridgehead atoms. The van der Waals surface area contributed by atoms with Crippen LogP contribution in [0.25, 0.3) is 44.2 Å². The molecule has 0 N–H and O–H groups in total. The highest BCUT2D eigenvalue weighted by atomic mass is 16.5. The third-order valence-electron chi connectivity index (χ3n) is 16.5. The molecule has 0 spiro atoms. The molecule has 0 saturated carbocycles. The maximum Gasteiger partial charge on any atom is 0.150 e. The predicted octanol–water partition coefficient (Wildman–Crippen LogP) is 19.8. The average molecular weight is 1070 g/mol. The Morgan fingerprint density at radius 3 is 1.46 bits per heavy atom. The molecule has 11 aromatic rings. The predicted molar refractivity (Wildman–Crippen MR) is 340 cm³/mol. The maximum atomic E-state index is 12.2. The van der Waals surface area contributed by atoms with Gasteiger partial charge in [-0.3, -0.25) is 9.59 Å². The smallest absolute Gasteiger partial charge is 0.150 e. The van der Waals surface area contributed by atoms with Crippen LogP contribution in [0.3, 0.4) is 0 Å². The molecule has 0 amide bonds. The van der Waals surface area contributed by atoms with E-state index in [1.54, 1.807) is 0 Å². The zero-order chi connectivity index (χ0) is 55.5. The number of hydrogen-bond donors (Lipinski definition) is 0. The second-order valence-electron chi connectivity index (χ2n) is 21.6. The number of anilines is 6. The standard InChI is InChI=1S/C73H58N2O2.C4H8O/c76-51-55-30-39-63(40-31-55)74(65-27-12-20-56(48-65)52-77)66-43-45-69-68-44-38-61(49-70(68)73(71(69)50-66,46-14-21-53-16-4-1-5-17-53)47-15-22-54-18-6-2-7-19-54)59-34-32-57(33-35-59)58-36-41-64(42-37-58)75(62-25-8-3-9-26-62)72-29-13-24-60-23-10-11-28-67(60)72;1-2-4-5-3-1/h1-13,16-20,23-45,48-52H,14-15,21-22,46-47H2;1-4H2. The minimum absolute atomic E-state index is 0.306. The van der Waals surface area contributed by atoms with Gasteiger partial charge in [-0.25, -0.2) is 0 Å². The lowest BCUT2D eigenvalue weighted by Gasteiger charge is -2.34. The van der Waals surface area contributed by atoms with Crippen LogP contribution in [-0.4, -0.2) is 25.8 Å². The number of rotatable bonds is 18. The zero-order valence-electron chi connectivity index (χ0n) is 46.2. The zero-order valence-corrected chi connectivity index (χ0v) is 46.2. The van der Waals surface area contributed by atoms with Crippen LogP contribution in [0.4, 0.5) is 34.1 Å². The van der Waals surface area contributed by atoms with Crippen molar-refractivity contribution >= 4 is 57.5 Å². The Kier molecular flexibility index (Phi) is 16.2. The summed E-state index contributed by atoms with van der Waals surface area (Å²) in [7, 11) is 0. The Morgan fingerprint density at radius 2 is 0.841 bits per heavy atom. The molecular weight excluding hydrogens is 1000 g/mol. The number of carbonyl (C=O) groups excluding carboxylic acids is 2. The molecule has 0 atom stereocenters. The molecule has 1 aliphatic heterocycles. The Hall–Kier alpha value is -9.42. The quantitative estimate of drug-likeness (QED) is 0.0802. The Labute approximate surface area is 482 Å². The average Bonchev–Trinajstić information content (AvgIpc) is 4.25. The van der Waals surface area contributed by atoms with E-state index >= 15 is 0 Å². The van der Waals surface area contributed by atoms with E-state index in [9.17, 15) is 9.59 Å². The molecule has 5 heteroatoms. The number of benzene rings is 11. The van der Waals surface area contributed by atoms with E-state index in [4.69, 9.17) is 4.74 Å². The van der Waals surface area contributed by atoms with Gasteiger partial charge < -0.3 is 14.5 Å². The largest absolute Gasteiger partial charge is 0.381 e. The number of aryl methyl sites for hydroxylation is 2. The van der Waals surface area contributed by atoms with Gasteiger partial charge in [0.25, 0.3) is 0 Å². The van der Waals surface area contributed by atoms with Crippen LogP contribution in [0.5, 0.6) is 0 Å². The van der Waals surface area contributed by atoms with Crippen molar-refractivity contribution < 1.29 is 14.3 Å². The number of fused-ring (bicyclic) bond motifs is 4. The summed E-state index contributed by atoms with van der Waals surface area (Å²) >= 11 is 0. The van der Waals surface area contributed by atoms with Crippen LogP contribution >= 0.6 is 0 Å². The number of aldehydes is 2. The first-order valence-corrected chi connectivity index (χ1v) is 28.9. The summed E-state index contributed by atoms with van der Waals surface area (Å²) in [6.45, 7) is 2.00. The van der Waals surface area contributed by atoms with Crippen molar-refractivity contribution in [3.63, 3.8) is 0 Å². The highest BCUT2D eigenvalue weighted by molar-refractivity contribution is 5.99. The maximum absolute atomic E-state index is 12.2. The van der Waals surface area contributed by atoms with Gasteiger partial charge in [-0.05, 0) is 197 Å². The van der Waals surface area contributed by atoms with Crippen LogP contribution in [-0.2, 0) is 23.0 Å². The first kappa shape index (κ1) is 53.2. The van der Waals surface area contributed by atoms with Crippen LogP contribution in [0, 0.1) is 0 Å². The molecule has 0 aromatic heterocycles. The third kappa shape index (κ3) is 11.5. The van der Waals surface area contributed by atoms with Crippen molar-refractivity contribution in [3.8, 4) is 33.4 Å². The van der Waals surface area contributed by atoms with E-state index in [0.29, 0.717) is 11.1 Å². The first-order chi connectivity index (χ1) is 40.5. The van der Waals surface area contributed by atoms with Gasteiger partial charge in [-0.1, -0.05) is 182 Å². The van der Waals surface area contributed by atoms with Crippen molar-refractivity contribution in [1.82, 2.24) is 0 Å². The number of para-hydroxylation sites is 1. The highest BCUT2D eigenvalue weighted by Crippen LogP contribution is 2.56. The summed E-state index contributed by atoms with van der Waals surface area (Å²) in [5, 5.41) is 2.42. The second kappa shape index (κ2) is 24.9. The monoisotopic (exact) mass is 1070 g/mol. The highest BCUT2D eigenvalue weighted by Gasteiger charge is 2.43. The summed E-state index contributed by atoms with van der Waals surface area (Å²) in [4.78, 5) is 28.6. The van der Waals surface area contributed by atoms with Gasteiger partial charge in [0, 0.05) is 63.6 Å². The molecule has 11 aromatic carbocycles. The second-order valence-corrected chi connectivity index (χ2v) is 21.6. The fourth-order valence-electron chi connectivity index (χ4n) is 12.4.